The van der Waals surface area contributed by atoms with Crippen LogP contribution >= 0.6 is 11.6 Å². The average molecular weight is 434 g/mol. The summed E-state index contributed by atoms with van der Waals surface area (Å²) in [6, 6.07) is 6.21. The van der Waals surface area contributed by atoms with Crippen molar-refractivity contribution in [2.24, 2.45) is 0 Å². The zero-order chi connectivity index (χ0) is 20.5. The Balaban J connectivity index is 1.91. The highest BCUT2D eigenvalue weighted by Gasteiger charge is 2.51. The fourth-order valence-corrected chi connectivity index (χ4v) is 5.16. The highest BCUT2D eigenvalue weighted by Crippen LogP contribution is 2.41. The third-order valence-electron chi connectivity index (χ3n) is 4.70. The molecule has 1 fully saturated rings. The van der Waals surface area contributed by atoms with E-state index in [0.29, 0.717) is 0 Å². The predicted molar refractivity (Wildman–Crippen MR) is 99.4 cm³/mol. The summed E-state index contributed by atoms with van der Waals surface area (Å²) in [7, 11) is -4.13. The molecule has 1 saturated heterocycles. The largest absolute Gasteiger partial charge is 0.478 e. The maximum atomic E-state index is 12.8. The second-order valence-corrected chi connectivity index (χ2v) is 8.82. The maximum absolute atomic E-state index is 12.8. The fourth-order valence-electron chi connectivity index (χ4n) is 3.37. The number of aliphatic hydroxyl groups is 2. The van der Waals surface area contributed by atoms with E-state index in [2.05, 4.69) is 4.72 Å². The Hall–Kier alpha value is -1.69. The summed E-state index contributed by atoms with van der Waals surface area (Å²) in [5.74, 6) is -2.95. The highest BCUT2D eigenvalue weighted by atomic mass is 35.5. The molecule has 0 bridgehead atoms. The quantitative estimate of drug-likeness (QED) is 0.514. The molecular weight excluding hydrogens is 414 g/mol. The summed E-state index contributed by atoms with van der Waals surface area (Å²) in [6.45, 7) is -0.863. The van der Waals surface area contributed by atoms with Gasteiger partial charge in [0.1, 0.15) is 17.5 Å². The van der Waals surface area contributed by atoms with E-state index in [9.17, 15) is 28.5 Å². The normalized spacial score (nSPS) is 26.8. The van der Waals surface area contributed by atoms with Crippen LogP contribution in [0.5, 0.6) is 0 Å². The minimum absolute atomic E-state index is 0.0326. The molecule has 1 aromatic rings. The van der Waals surface area contributed by atoms with Crippen LogP contribution in [-0.2, 0) is 24.3 Å². The number of sulfonamides is 1. The smallest absolute Gasteiger partial charge is 0.332 e. The number of benzene rings is 1. The number of carbonyl (C=O) groups is 1. The molecular formula is C17H20ClNO8S. The Bertz CT molecular complexity index is 875. The number of ether oxygens (including phenoxy) is 2. The first kappa shape index (κ1) is 21.0. The van der Waals surface area contributed by atoms with Crippen LogP contribution in [0.25, 0.3) is 0 Å². The molecule has 2 aliphatic rings. The molecule has 28 heavy (non-hydrogen) atoms. The van der Waals surface area contributed by atoms with E-state index in [-0.39, 0.29) is 23.6 Å². The van der Waals surface area contributed by atoms with E-state index in [0.717, 1.165) is 6.08 Å². The minimum atomic E-state index is -4.13. The first-order chi connectivity index (χ1) is 13.2. The Kier molecular flexibility index (Phi) is 5.99. The molecule has 0 saturated carbocycles. The van der Waals surface area contributed by atoms with Gasteiger partial charge in [0.2, 0.25) is 10.0 Å². The second-order valence-electron chi connectivity index (χ2n) is 6.55. The molecule has 1 aliphatic heterocycles. The van der Waals surface area contributed by atoms with Crippen molar-refractivity contribution in [3.63, 3.8) is 0 Å². The van der Waals surface area contributed by atoms with Crippen molar-refractivity contribution in [3.05, 3.63) is 40.9 Å². The van der Waals surface area contributed by atoms with Crippen molar-refractivity contribution >= 4 is 33.3 Å². The number of rotatable bonds is 6. The molecule has 9 nitrogen and oxygen atoms in total. The number of anilines is 1. The van der Waals surface area contributed by atoms with Crippen molar-refractivity contribution in [1.29, 1.82) is 0 Å². The number of carboxylic acids is 1. The van der Waals surface area contributed by atoms with Crippen LogP contribution in [0.3, 0.4) is 0 Å². The topological polar surface area (TPSA) is 142 Å². The average Bonchev–Trinajstić information content (AvgIpc) is 3.00. The number of para-hydroxylation sites is 1. The molecule has 1 heterocycles. The number of aliphatic hydroxyl groups excluding tert-OH is 2. The molecule has 1 aliphatic carbocycles. The van der Waals surface area contributed by atoms with Crippen LogP contribution in [0.4, 0.5) is 5.69 Å². The van der Waals surface area contributed by atoms with Gasteiger partial charge in [0.25, 0.3) is 0 Å². The van der Waals surface area contributed by atoms with Gasteiger partial charge in [-0.15, -0.1) is 0 Å². The van der Waals surface area contributed by atoms with Crippen molar-refractivity contribution in [3.8, 4) is 0 Å². The van der Waals surface area contributed by atoms with Crippen LogP contribution in [0, 0.1) is 0 Å². The molecule has 0 radical (unpaired) electrons. The Morgan fingerprint density at radius 3 is 2.36 bits per heavy atom. The lowest BCUT2D eigenvalue weighted by Gasteiger charge is -2.33. The molecule has 3 atom stereocenters. The van der Waals surface area contributed by atoms with E-state index in [1.54, 1.807) is 12.1 Å². The van der Waals surface area contributed by atoms with Gasteiger partial charge >= 0.3 is 5.97 Å². The molecule has 0 amide bonds. The number of hydrogen-bond donors (Lipinski definition) is 4. The first-order valence-corrected chi connectivity index (χ1v) is 10.4. The SMILES string of the molecule is O=C(O)C1=CC2(CCC1S(=O)(=O)Nc1ccccc1Cl)O[C@H](CO)[C@@H](CO)O2. The molecule has 1 spiro atoms. The minimum Gasteiger partial charge on any atom is -0.478 e. The van der Waals surface area contributed by atoms with Crippen molar-refractivity contribution < 1.29 is 38.0 Å². The monoisotopic (exact) mass is 433 g/mol. The van der Waals surface area contributed by atoms with Gasteiger partial charge < -0.3 is 24.8 Å². The van der Waals surface area contributed by atoms with E-state index in [1.807, 2.05) is 0 Å². The van der Waals surface area contributed by atoms with Crippen LogP contribution in [-0.4, -0.2) is 66.2 Å². The third kappa shape index (κ3) is 4.02. The molecule has 11 heteroatoms. The lowest BCUT2D eigenvalue weighted by atomic mass is 9.94. The standard InChI is InChI=1S/C17H20ClNO8S/c18-11-3-1-2-4-12(11)19-28(24,25)15-5-6-17(7-10(15)16(22)23)26-13(8-20)14(9-21)27-17/h1-4,7,13-15,19-21H,5-6,8-9H2,(H,22,23)/t13-,14-,15?/m1/s1. The van der Waals surface area contributed by atoms with Crippen LogP contribution in [0.2, 0.25) is 5.02 Å². The molecule has 1 unspecified atom stereocenters. The lowest BCUT2D eigenvalue weighted by Crippen LogP contribution is -2.42. The van der Waals surface area contributed by atoms with Crippen LogP contribution in [0.1, 0.15) is 12.8 Å². The fraction of sp³-hybridized carbons (Fsp3) is 0.471. The molecule has 1 aromatic carbocycles. The van der Waals surface area contributed by atoms with Gasteiger partial charge in [-0.05, 0) is 24.6 Å². The van der Waals surface area contributed by atoms with E-state index in [1.165, 1.54) is 12.1 Å². The zero-order valence-electron chi connectivity index (χ0n) is 14.6. The molecule has 4 N–H and O–H groups in total. The van der Waals surface area contributed by atoms with Gasteiger partial charge in [0.15, 0.2) is 5.79 Å². The van der Waals surface area contributed by atoms with Crippen molar-refractivity contribution in [2.45, 2.75) is 36.1 Å². The van der Waals surface area contributed by atoms with Gasteiger partial charge in [0.05, 0.1) is 29.5 Å². The van der Waals surface area contributed by atoms with Crippen molar-refractivity contribution in [2.75, 3.05) is 17.9 Å². The van der Waals surface area contributed by atoms with Gasteiger partial charge in [0, 0.05) is 6.42 Å². The molecule has 3 rings (SSSR count). The van der Waals surface area contributed by atoms with Crippen LogP contribution in [0.15, 0.2) is 35.9 Å². The third-order valence-corrected chi connectivity index (χ3v) is 6.77. The van der Waals surface area contributed by atoms with Crippen LogP contribution < -0.4 is 4.72 Å². The van der Waals surface area contributed by atoms with E-state index in [4.69, 9.17) is 21.1 Å². The van der Waals surface area contributed by atoms with Gasteiger partial charge in [-0.1, -0.05) is 23.7 Å². The summed E-state index contributed by atoms with van der Waals surface area (Å²) in [5.41, 5.74) is -0.274. The van der Waals surface area contributed by atoms with E-state index < -0.39 is 58.0 Å². The summed E-state index contributed by atoms with van der Waals surface area (Å²) in [5, 5.41) is 27.1. The summed E-state index contributed by atoms with van der Waals surface area (Å²) >= 11 is 5.99. The van der Waals surface area contributed by atoms with E-state index >= 15 is 0 Å². The predicted octanol–water partition coefficient (Wildman–Crippen LogP) is 0.720. The van der Waals surface area contributed by atoms with Gasteiger partial charge in [-0.25, -0.2) is 13.2 Å². The summed E-state index contributed by atoms with van der Waals surface area (Å²) in [6.07, 6.45) is -0.649. The molecule has 0 aromatic heterocycles. The molecule has 154 valence electrons. The van der Waals surface area contributed by atoms with Gasteiger partial charge in [-0.2, -0.15) is 0 Å². The Morgan fingerprint density at radius 1 is 1.21 bits per heavy atom. The number of aliphatic carboxylic acids is 1. The number of nitrogens with one attached hydrogen (secondary N) is 1. The Morgan fingerprint density at radius 2 is 1.82 bits per heavy atom. The maximum Gasteiger partial charge on any atom is 0.332 e. The number of halogens is 1. The van der Waals surface area contributed by atoms with Crippen molar-refractivity contribution in [1.82, 2.24) is 0 Å². The summed E-state index contributed by atoms with van der Waals surface area (Å²) in [4.78, 5) is 11.8. The number of hydrogen-bond acceptors (Lipinski definition) is 7. The number of carboxylic acid groups (broad SMARTS) is 1. The van der Waals surface area contributed by atoms with Gasteiger partial charge in [-0.3, -0.25) is 4.72 Å². The first-order valence-electron chi connectivity index (χ1n) is 8.51. The highest BCUT2D eigenvalue weighted by molar-refractivity contribution is 7.93. The second kappa shape index (κ2) is 7.97. The zero-order valence-corrected chi connectivity index (χ0v) is 16.2. The lowest BCUT2D eigenvalue weighted by molar-refractivity contribution is -0.153. The summed E-state index contributed by atoms with van der Waals surface area (Å²) < 4.78 is 39.2. The Labute approximate surface area is 166 Å².